The maximum atomic E-state index is 13.0. The molecule has 1 fully saturated rings. The van der Waals surface area contributed by atoms with Crippen LogP contribution in [0, 0.1) is 11.8 Å². The van der Waals surface area contributed by atoms with Gasteiger partial charge in [-0.3, -0.25) is 9.59 Å². The molecule has 1 aliphatic heterocycles. The molecule has 2 aromatic carbocycles. The smallest absolute Gasteiger partial charge is 0.231 e. The van der Waals surface area contributed by atoms with Crippen LogP contribution in [0.4, 0.5) is 11.4 Å². The monoisotopic (exact) mass is 388 g/mol. The van der Waals surface area contributed by atoms with Crippen molar-refractivity contribution in [3.63, 3.8) is 0 Å². The summed E-state index contributed by atoms with van der Waals surface area (Å²) in [6, 6.07) is 13.0. The van der Waals surface area contributed by atoms with Gasteiger partial charge in [0.1, 0.15) is 0 Å². The molecule has 1 saturated carbocycles. The van der Waals surface area contributed by atoms with Gasteiger partial charge in [0.2, 0.25) is 11.8 Å². The second-order valence-corrected chi connectivity index (χ2v) is 7.77. The van der Waals surface area contributed by atoms with E-state index in [-0.39, 0.29) is 29.7 Å². The minimum absolute atomic E-state index is 0.0386. The lowest BCUT2D eigenvalue weighted by atomic mass is 10.1. The summed E-state index contributed by atoms with van der Waals surface area (Å²) >= 11 is 11.9. The van der Waals surface area contributed by atoms with Crippen molar-refractivity contribution in [1.82, 2.24) is 0 Å². The molecule has 6 heteroatoms. The zero-order valence-corrected chi connectivity index (χ0v) is 15.7. The Hall–Kier alpha value is -2.04. The fourth-order valence-electron chi connectivity index (χ4n) is 3.65. The third-order valence-corrected chi connectivity index (χ3v) is 5.82. The van der Waals surface area contributed by atoms with Crippen LogP contribution in [0.25, 0.3) is 0 Å². The van der Waals surface area contributed by atoms with Crippen LogP contribution >= 0.6 is 23.2 Å². The van der Waals surface area contributed by atoms with E-state index in [0.29, 0.717) is 22.2 Å². The summed E-state index contributed by atoms with van der Waals surface area (Å²) in [6.07, 6.45) is 1.44. The fourth-order valence-corrected chi connectivity index (χ4v) is 3.94. The van der Waals surface area contributed by atoms with Crippen molar-refractivity contribution in [3.05, 3.63) is 58.1 Å². The zero-order chi connectivity index (χ0) is 18.4. The number of benzene rings is 2. The maximum Gasteiger partial charge on any atom is 0.231 e. The SMILES string of the molecule is CC1Cc2ccccc2N1C(=O)C1CC1C(=O)Nc1ccc(Cl)c(Cl)c1. The van der Waals surface area contributed by atoms with Crippen molar-refractivity contribution in [2.75, 3.05) is 10.2 Å². The van der Waals surface area contributed by atoms with Crippen molar-refractivity contribution in [1.29, 1.82) is 0 Å². The molecule has 3 unspecified atom stereocenters. The van der Waals surface area contributed by atoms with Gasteiger partial charge in [0.25, 0.3) is 0 Å². The molecule has 3 atom stereocenters. The van der Waals surface area contributed by atoms with E-state index in [4.69, 9.17) is 23.2 Å². The van der Waals surface area contributed by atoms with E-state index in [2.05, 4.69) is 11.4 Å². The molecule has 0 radical (unpaired) electrons. The van der Waals surface area contributed by atoms with E-state index < -0.39 is 0 Å². The number of halogens is 2. The van der Waals surface area contributed by atoms with Gasteiger partial charge in [-0.25, -0.2) is 0 Å². The number of carbonyl (C=O) groups excluding carboxylic acids is 2. The number of amides is 2. The number of hydrogen-bond donors (Lipinski definition) is 1. The van der Waals surface area contributed by atoms with Crippen LogP contribution in [0.15, 0.2) is 42.5 Å². The predicted molar refractivity (Wildman–Crippen MR) is 104 cm³/mol. The van der Waals surface area contributed by atoms with Crippen LogP contribution < -0.4 is 10.2 Å². The Morgan fingerprint density at radius 1 is 1.08 bits per heavy atom. The van der Waals surface area contributed by atoms with Crippen molar-refractivity contribution in [3.8, 4) is 0 Å². The highest BCUT2D eigenvalue weighted by molar-refractivity contribution is 6.42. The normalized spacial score (nSPS) is 23.5. The Kier molecular flexibility index (Phi) is 4.41. The molecule has 0 spiro atoms. The average molecular weight is 389 g/mol. The van der Waals surface area contributed by atoms with Crippen LogP contribution in [0.1, 0.15) is 18.9 Å². The first-order valence-corrected chi connectivity index (χ1v) is 9.38. The molecule has 0 aromatic heterocycles. The lowest BCUT2D eigenvalue weighted by molar-refractivity contribution is -0.123. The first-order valence-electron chi connectivity index (χ1n) is 8.62. The van der Waals surface area contributed by atoms with Crippen LogP contribution in [-0.4, -0.2) is 17.9 Å². The number of carbonyl (C=O) groups is 2. The van der Waals surface area contributed by atoms with Gasteiger partial charge in [-0.05, 0) is 49.6 Å². The first-order chi connectivity index (χ1) is 12.5. The Labute approximate surface area is 162 Å². The highest BCUT2D eigenvalue weighted by Crippen LogP contribution is 2.44. The molecule has 2 aromatic rings. The van der Waals surface area contributed by atoms with E-state index in [1.165, 1.54) is 5.56 Å². The second kappa shape index (κ2) is 6.60. The maximum absolute atomic E-state index is 13.0. The molecule has 26 heavy (non-hydrogen) atoms. The highest BCUT2D eigenvalue weighted by Gasteiger charge is 2.51. The third-order valence-electron chi connectivity index (χ3n) is 5.08. The largest absolute Gasteiger partial charge is 0.326 e. The van der Waals surface area contributed by atoms with Crippen LogP contribution in [0.3, 0.4) is 0 Å². The van der Waals surface area contributed by atoms with Gasteiger partial charge in [-0.2, -0.15) is 0 Å². The van der Waals surface area contributed by atoms with Gasteiger partial charge in [0.05, 0.1) is 21.9 Å². The molecule has 1 heterocycles. The Morgan fingerprint density at radius 2 is 1.85 bits per heavy atom. The van der Waals surface area contributed by atoms with E-state index in [0.717, 1.165) is 12.1 Å². The second-order valence-electron chi connectivity index (χ2n) is 6.96. The summed E-state index contributed by atoms with van der Waals surface area (Å²) in [5.41, 5.74) is 2.74. The van der Waals surface area contributed by atoms with Crippen molar-refractivity contribution in [2.45, 2.75) is 25.8 Å². The Bertz CT molecular complexity index is 899. The summed E-state index contributed by atoms with van der Waals surface area (Å²) in [7, 11) is 0. The van der Waals surface area contributed by atoms with E-state index in [1.807, 2.05) is 30.0 Å². The average Bonchev–Trinajstić information content (AvgIpc) is 3.34. The number of hydrogen-bond acceptors (Lipinski definition) is 2. The van der Waals surface area contributed by atoms with Gasteiger partial charge in [0.15, 0.2) is 0 Å². The molecular formula is C20H18Cl2N2O2. The summed E-state index contributed by atoms with van der Waals surface area (Å²) in [4.78, 5) is 27.3. The van der Waals surface area contributed by atoms with Gasteiger partial charge >= 0.3 is 0 Å². The predicted octanol–water partition coefficient (Wildman–Crippen LogP) is 4.55. The topological polar surface area (TPSA) is 49.4 Å². The molecule has 134 valence electrons. The first kappa shape index (κ1) is 17.4. The molecule has 2 aliphatic rings. The minimum Gasteiger partial charge on any atom is -0.326 e. The molecular weight excluding hydrogens is 371 g/mol. The Morgan fingerprint density at radius 3 is 2.62 bits per heavy atom. The number of nitrogens with one attached hydrogen (secondary N) is 1. The van der Waals surface area contributed by atoms with Crippen LogP contribution in [0.2, 0.25) is 10.0 Å². The van der Waals surface area contributed by atoms with Gasteiger partial charge in [-0.15, -0.1) is 0 Å². The van der Waals surface area contributed by atoms with E-state index >= 15 is 0 Å². The molecule has 4 nitrogen and oxygen atoms in total. The molecule has 1 N–H and O–H groups in total. The fraction of sp³-hybridized carbons (Fsp3) is 0.300. The summed E-state index contributed by atoms with van der Waals surface area (Å²) < 4.78 is 0. The van der Waals surface area contributed by atoms with Gasteiger partial charge < -0.3 is 10.2 Å². The van der Waals surface area contributed by atoms with Gasteiger partial charge in [-0.1, -0.05) is 41.4 Å². The summed E-state index contributed by atoms with van der Waals surface area (Å²) in [5.74, 6) is -0.665. The molecule has 2 amide bonds. The lowest BCUT2D eigenvalue weighted by Gasteiger charge is -2.23. The molecule has 0 saturated heterocycles. The molecule has 4 rings (SSSR count). The van der Waals surface area contributed by atoms with Crippen molar-refractivity contribution >= 4 is 46.4 Å². The van der Waals surface area contributed by atoms with Crippen molar-refractivity contribution in [2.24, 2.45) is 11.8 Å². The number of para-hydroxylation sites is 1. The molecule has 1 aliphatic carbocycles. The summed E-state index contributed by atoms with van der Waals surface area (Å²) in [5, 5.41) is 3.65. The summed E-state index contributed by atoms with van der Waals surface area (Å²) in [6.45, 7) is 2.05. The number of anilines is 2. The van der Waals surface area contributed by atoms with E-state index in [1.54, 1.807) is 18.2 Å². The number of rotatable bonds is 3. The zero-order valence-electron chi connectivity index (χ0n) is 14.2. The molecule has 0 bridgehead atoms. The standard InChI is InChI=1S/C20H18Cl2N2O2/c1-11-8-12-4-2-3-5-18(12)24(11)20(26)15-10-14(15)19(25)23-13-6-7-16(21)17(22)9-13/h2-7,9,11,14-15H,8,10H2,1H3,(H,23,25). The highest BCUT2D eigenvalue weighted by atomic mass is 35.5. The number of fused-ring (bicyclic) bond motifs is 1. The minimum atomic E-state index is -0.295. The quantitative estimate of drug-likeness (QED) is 0.838. The third kappa shape index (κ3) is 3.08. The lowest BCUT2D eigenvalue weighted by Crippen LogP contribution is -2.37. The van der Waals surface area contributed by atoms with Crippen LogP contribution in [-0.2, 0) is 16.0 Å². The van der Waals surface area contributed by atoms with Crippen LogP contribution in [0.5, 0.6) is 0 Å². The van der Waals surface area contributed by atoms with E-state index in [9.17, 15) is 9.59 Å². The number of nitrogens with zero attached hydrogens (tertiary/aromatic N) is 1. The Balaban J connectivity index is 1.44. The van der Waals surface area contributed by atoms with Crippen molar-refractivity contribution < 1.29 is 9.59 Å². The van der Waals surface area contributed by atoms with Gasteiger partial charge in [0, 0.05) is 17.4 Å².